The second-order valence-corrected chi connectivity index (χ2v) is 10.1. The maximum absolute atomic E-state index is 13.0. The molecule has 3 N–H and O–H groups in total. The molecule has 4 aromatic heterocycles. The molecule has 1 saturated heterocycles. The van der Waals surface area contributed by atoms with Crippen LogP contribution >= 0.6 is 0 Å². The number of nitrogens with zero attached hydrogens (tertiary/aromatic N) is 7. The molecule has 1 aliphatic rings. The summed E-state index contributed by atoms with van der Waals surface area (Å²) in [6.45, 7) is 5.39. The second kappa shape index (κ2) is 10.9. The molecule has 0 aliphatic carbocycles. The SMILES string of the molecule is Cc1cnc(Nc2cc(C)n(C)n2)nc1-c1c[nH]c2c(NC(=O)CN3CC[C@H](Oc4ncc(F)cn4)C3)cccc12. The standard InChI is InChI=1S/C28H29FN10O2/c1-16-10-31-27(35-23-9-17(2)38(3)37-23)36-25(16)21-13-30-26-20(21)5-4-6-22(26)34-24(40)15-39-8-7-19(14-39)41-28-32-11-18(29)12-33-28/h4-6,9-13,19,30H,7-8,14-15H2,1-3H3,(H,34,40)(H,31,35,36,37)/t19-/m0/s1. The van der Waals surface area contributed by atoms with Crippen LogP contribution in [0.15, 0.2) is 49.1 Å². The number of aromatic amines is 1. The summed E-state index contributed by atoms with van der Waals surface area (Å²) in [6.07, 6.45) is 6.36. The summed E-state index contributed by atoms with van der Waals surface area (Å²) in [7, 11) is 1.88. The molecule has 1 fully saturated rings. The lowest BCUT2D eigenvalue weighted by Crippen LogP contribution is -2.33. The van der Waals surface area contributed by atoms with Crippen LogP contribution in [0.4, 0.5) is 21.8 Å². The van der Waals surface area contributed by atoms with E-state index in [9.17, 15) is 9.18 Å². The lowest BCUT2D eigenvalue weighted by Gasteiger charge is -2.16. The first kappa shape index (κ1) is 26.3. The van der Waals surface area contributed by atoms with Gasteiger partial charge < -0.3 is 20.4 Å². The van der Waals surface area contributed by atoms with Gasteiger partial charge in [-0.15, -0.1) is 0 Å². The van der Waals surface area contributed by atoms with Crippen LogP contribution < -0.4 is 15.4 Å². The van der Waals surface area contributed by atoms with Crippen molar-refractivity contribution >= 4 is 34.3 Å². The van der Waals surface area contributed by atoms with Crippen LogP contribution in [-0.2, 0) is 11.8 Å². The van der Waals surface area contributed by atoms with E-state index in [0.717, 1.165) is 52.2 Å². The number of hydrogen-bond donors (Lipinski definition) is 3. The number of carbonyl (C=O) groups is 1. The van der Waals surface area contributed by atoms with Crippen molar-refractivity contribution in [2.24, 2.45) is 7.05 Å². The van der Waals surface area contributed by atoms with Gasteiger partial charge in [-0.05, 0) is 31.9 Å². The number of likely N-dealkylation sites (tertiary alicyclic amines) is 1. The molecular formula is C28H29FN10O2. The van der Waals surface area contributed by atoms with Crippen LogP contribution in [-0.4, -0.2) is 71.2 Å². The van der Waals surface area contributed by atoms with Gasteiger partial charge >= 0.3 is 6.01 Å². The molecule has 12 nitrogen and oxygen atoms in total. The number of nitrogens with one attached hydrogen (secondary N) is 3. The van der Waals surface area contributed by atoms with Crippen LogP contribution in [0.5, 0.6) is 6.01 Å². The van der Waals surface area contributed by atoms with E-state index in [1.54, 1.807) is 10.9 Å². The molecule has 0 saturated carbocycles. The molecule has 1 aliphatic heterocycles. The number of amides is 1. The summed E-state index contributed by atoms with van der Waals surface area (Å²) < 4.78 is 20.6. The number of H-pyrrole nitrogens is 1. The number of hydrogen-bond acceptors (Lipinski definition) is 9. The minimum absolute atomic E-state index is 0.130. The van der Waals surface area contributed by atoms with E-state index in [4.69, 9.17) is 9.72 Å². The fourth-order valence-electron chi connectivity index (χ4n) is 4.91. The maximum atomic E-state index is 13.0. The minimum Gasteiger partial charge on any atom is -0.459 e. The van der Waals surface area contributed by atoms with Crippen molar-refractivity contribution in [1.82, 2.24) is 39.6 Å². The number of carbonyl (C=O) groups excluding carboxylic acids is 1. The Balaban J connectivity index is 1.14. The Bertz CT molecular complexity index is 1700. The quantitative estimate of drug-likeness (QED) is 0.261. The molecule has 0 radical (unpaired) electrons. The minimum atomic E-state index is -0.518. The third kappa shape index (κ3) is 5.70. The highest BCUT2D eigenvalue weighted by Gasteiger charge is 2.26. The number of para-hydroxylation sites is 1. The van der Waals surface area contributed by atoms with Crippen molar-refractivity contribution in [1.29, 1.82) is 0 Å². The summed E-state index contributed by atoms with van der Waals surface area (Å²) in [5.41, 5.74) is 5.10. The first-order valence-corrected chi connectivity index (χ1v) is 13.2. The van der Waals surface area contributed by atoms with Crippen molar-refractivity contribution < 1.29 is 13.9 Å². The lowest BCUT2D eigenvalue weighted by molar-refractivity contribution is -0.117. The summed E-state index contributed by atoms with van der Waals surface area (Å²) in [5.74, 6) is 0.461. The first-order valence-electron chi connectivity index (χ1n) is 13.2. The number of aromatic nitrogens is 7. The summed E-state index contributed by atoms with van der Waals surface area (Å²) in [6, 6.07) is 7.83. The molecule has 0 unspecified atom stereocenters. The van der Waals surface area contributed by atoms with Gasteiger partial charge in [0, 0.05) is 55.2 Å². The Hall–Kier alpha value is -4.91. The monoisotopic (exact) mass is 556 g/mol. The fourth-order valence-corrected chi connectivity index (χ4v) is 4.91. The van der Waals surface area contributed by atoms with Gasteiger partial charge in [-0.2, -0.15) is 5.10 Å². The molecule has 0 bridgehead atoms. The van der Waals surface area contributed by atoms with Gasteiger partial charge in [0.05, 0.1) is 35.8 Å². The smallest absolute Gasteiger partial charge is 0.316 e. The van der Waals surface area contributed by atoms with Crippen LogP contribution in [0.3, 0.4) is 0 Å². The van der Waals surface area contributed by atoms with Gasteiger partial charge in [-0.25, -0.2) is 24.3 Å². The maximum Gasteiger partial charge on any atom is 0.316 e. The molecule has 5 aromatic rings. The van der Waals surface area contributed by atoms with E-state index in [-0.39, 0.29) is 24.6 Å². The van der Waals surface area contributed by atoms with Gasteiger partial charge in [0.1, 0.15) is 6.10 Å². The molecule has 0 spiro atoms. The lowest BCUT2D eigenvalue weighted by atomic mass is 10.1. The number of halogens is 1. The highest BCUT2D eigenvalue weighted by atomic mass is 19.1. The Kier molecular flexibility index (Phi) is 7.01. The number of aryl methyl sites for hydroxylation is 3. The van der Waals surface area contributed by atoms with Crippen molar-refractivity contribution in [3.63, 3.8) is 0 Å². The van der Waals surface area contributed by atoms with E-state index in [2.05, 4.69) is 35.7 Å². The van der Waals surface area contributed by atoms with Crippen LogP contribution in [0.25, 0.3) is 22.2 Å². The van der Waals surface area contributed by atoms with Gasteiger partial charge in [-0.3, -0.25) is 14.4 Å². The van der Waals surface area contributed by atoms with Crippen molar-refractivity contribution in [2.75, 3.05) is 30.3 Å². The van der Waals surface area contributed by atoms with E-state index in [0.29, 0.717) is 30.5 Å². The summed E-state index contributed by atoms with van der Waals surface area (Å²) >= 11 is 0. The highest BCUT2D eigenvalue weighted by molar-refractivity contribution is 6.06. The number of anilines is 3. The third-order valence-corrected chi connectivity index (χ3v) is 7.04. The number of benzene rings is 1. The molecule has 41 heavy (non-hydrogen) atoms. The van der Waals surface area contributed by atoms with E-state index in [1.807, 2.05) is 56.3 Å². The second-order valence-electron chi connectivity index (χ2n) is 10.1. The number of rotatable bonds is 8. The molecule has 13 heteroatoms. The van der Waals surface area contributed by atoms with Crippen molar-refractivity contribution in [2.45, 2.75) is 26.4 Å². The van der Waals surface area contributed by atoms with Crippen LogP contribution in [0.1, 0.15) is 17.7 Å². The largest absolute Gasteiger partial charge is 0.459 e. The van der Waals surface area contributed by atoms with E-state index in [1.165, 1.54) is 0 Å². The Morgan fingerprint density at radius 3 is 2.80 bits per heavy atom. The fraction of sp³-hybridized carbons (Fsp3) is 0.286. The molecule has 1 amide bonds. The van der Waals surface area contributed by atoms with Gasteiger partial charge in [0.25, 0.3) is 0 Å². The van der Waals surface area contributed by atoms with Crippen LogP contribution in [0.2, 0.25) is 0 Å². The molecule has 1 atom stereocenters. The molecule has 210 valence electrons. The van der Waals surface area contributed by atoms with Gasteiger partial charge in [-0.1, -0.05) is 12.1 Å². The normalized spacial score (nSPS) is 15.4. The third-order valence-electron chi connectivity index (χ3n) is 7.04. The van der Waals surface area contributed by atoms with E-state index < -0.39 is 5.82 Å². The Morgan fingerprint density at radius 2 is 2.02 bits per heavy atom. The first-order chi connectivity index (χ1) is 19.8. The molecule has 1 aromatic carbocycles. The number of ether oxygens (including phenoxy) is 1. The molecule has 6 rings (SSSR count). The summed E-state index contributed by atoms with van der Waals surface area (Å²) in [4.78, 5) is 35.2. The zero-order valence-electron chi connectivity index (χ0n) is 22.8. The average molecular weight is 557 g/mol. The molecule has 5 heterocycles. The highest BCUT2D eigenvalue weighted by Crippen LogP contribution is 2.33. The van der Waals surface area contributed by atoms with E-state index >= 15 is 0 Å². The Morgan fingerprint density at radius 1 is 1.20 bits per heavy atom. The average Bonchev–Trinajstić information content (AvgIpc) is 3.66. The topological polar surface area (TPSA) is 139 Å². The van der Waals surface area contributed by atoms with Gasteiger partial charge in [0.2, 0.25) is 11.9 Å². The van der Waals surface area contributed by atoms with Gasteiger partial charge in [0.15, 0.2) is 11.6 Å². The zero-order valence-corrected chi connectivity index (χ0v) is 22.8. The Labute approximate surface area is 235 Å². The predicted octanol–water partition coefficient (Wildman–Crippen LogP) is 3.74. The summed E-state index contributed by atoms with van der Waals surface area (Å²) in [5, 5.41) is 11.6. The molecular weight excluding hydrogens is 527 g/mol. The van der Waals surface area contributed by atoms with Crippen molar-refractivity contribution in [3.8, 4) is 17.3 Å². The predicted molar refractivity (Wildman–Crippen MR) is 151 cm³/mol. The number of fused-ring (bicyclic) bond motifs is 1. The zero-order chi connectivity index (χ0) is 28.5. The van der Waals surface area contributed by atoms with Crippen LogP contribution in [0, 0.1) is 19.7 Å². The van der Waals surface area contributed by atoms with Crippen molar-refractivity contribution in [3.05, 3.63) is 66.1 Å².